The normalized spacial score (nSPS) is 13.9. The second kappa shape index (κ2) is 14.4. The number of nitrogens with zero attached hydrogens (tertiary/aromatic N) is 3. The lowest BCUT2D eigenvalue weighted by Crippen LogP contribution is -2.30. The van der Waals surface area contributed by atoms with Gasteiger partial charge < -0.3 is 20.7 Å². The van der Waals surface area contributed by atoms with Gasteiger partial charge >= 0.3 is 0 Å². The van der Waals surface area contributed by atoms with Crippen LogP contribution in [0.2, 0.25) is 0 Å². The molecule has 0 unspecified atom stereocenters. The molecule has 0 spiro atoms. The quantitative estimate of drug-likeness (QED) is 0.179. The third-order valence-corrected chi connectivity index (χ3v) is 7.63. The number of amides is 2. The van der Waals surface area contributed by atoms with E-state index in [2.05, 4.69) is 50.8 Å². The molecule has 1 saturated heterocycles. The standard InChI is InChI=1S/C29H39BrN6O3/c1-3-25-23(27(34-22-13-16-39-17-14-22)24-19-32-36(4-2)28(24)35-25)18-31-29(38)20-9-11-21(12-10-20)33-26(37)8-6-5-7-15-30/h9-12,19,22H,3-8,13-18H2,1-2H3,(H,31,38)(H,33,37)(H,34,35). The fraction of sp³-hybridized carbons (Fsp3) is 0.517. The number of carbonyl (C=O) groups excluding carboxylic acids is 2. The zero-order chi connectivity index (χ0) is 27.6. The van der Waals surface area contributed by atoms with Crippen molar-refractivity contribution in [2.45, 2.75) is 77.9 Å². The van der Waals surface area contributed by atoms with E-state index in [-0.39, 0.29) is 11.8 Å². The lowest BCUT2D eigenvalue weighted by Gasteiger charge is -2.26. The molecule has 10 heteroatoms. The van der Waals surface area contributed by atoms with Gasteiger partial charge in [0.2, 0.25) is 5.91 Å². The van der Waals surface area contributed by atoms with Crippen LogP contribution in [0.5, 0.6) is 0 Å². The molecule has 1 aromatic carbocycles. The second-order valence-electron chi connectivity index (χ2n) is 9.80. The molecule has 4 rings (SSSR count). The van der Waals surface area contributed by atoms with Crippen molar-refractivity contribution in [3.05, 3.63) is 47.3 Å². The lowest BCUT2D eigenvalue weighted by atomic mass is 10.0. The van der Waals surface area contributed by atoms with Crippen LogP contribution in [0.3, 0.4) is 0 Å². The topological polar surface area (TPSA) is 110 Å². The summed E-state index contributed by atoms with van der Waals surface area (Å²) < 4.78 is 7.47. The van der Waals surface area contributed by atoms with Crippen molar-refractivity contribution in [1.82, 2.24) is 20.1 Å². The van der Waals surface area contributed by atoms with E-state index in [1.165, 1.54) is 0 Å². The SMILES string of the molecule is CCc1nc2c(cnn2CC)c(NC2CCOCC2)c1CNC(=O)c1ccc(NC(=O)CCCCCBr)cc1. The highest BCUT2D eigenvalue weighted by Gasteiger charge is 2.22. The minimum atomic E-state index is -0.175. The van der Waals surface area contributed by atoms with Gasteiger partial charge in [0.25, 0.3) is 5.91 Å². The number of hydrogen-bond acceptors (Lipinski definition) is 6. The smallest absolute Gasteiger partial charge is 0.251 e. The van der Waals surface area contributed by atoms with E-state index in [4.69, 9.17) is 9.72 Å². The molecule has 39 heavy (non-hydrogen) atoms. The van der Waals surface area contributed by atoms with Crippen molar-refractivity contribution in [1.29, 1.82) is 0 Å². The predicted octanol–water partition coefficient (Wildman–Crippen LogP) is 5.43. The maximum absolute atomic E-state index is 13.1. The van der Waals surface area contributed by atoms with Crippen LogP contribution in [0.4, 0.5) is 11.4 Å². The number of unbranched alkanes of at least 4 members (excludes halogenated alkanes) is 2. The van der Waals surface area contributed by atoms with Gasteiger partial charge in [-0.1, -0.05) is 29.3 Å². The van der Waals surface area contributed by atoms with Crippen LogP contribution >= 0.6 is 15.9 Å². The first-order valence-corrected chi connectivity index (χ1v) is 15.1. The third-order valence-electron chi connectivity index (χ3n) is 7.07. The molecule has 2 amide bonds. The van der Waals surface area contributed by atoms with Crippen LogP contribution in [-0.2, 0) is 29.0 Å². The van der Waals surface area contributed by atoms with Crippen LogP contribution in [0.15, 0.2) is 30.5 Å². The number of anilines is 2. The first kappa shape index (κ1) is 29.0. The van der Waals surface area contributed by atoms with E-state index in [1.807, 2.05) is 10.9 Å². The van der Waals surface area contributed by atoms with Gasteiger partial charge in [-0.3, -0.25) is 9.59 Å². The van der Waals surface area contributed by atoms with Crippen molar-refractivity contribution in [3.8, 4) is 0 Å². The van der Waals surface area contributed by atoms with E-state index in [0.29, 0.717) is 30.3 Å². The Balaban J connectivity index is 1.47. The summed E-state index contributed by atoms with van der Waals surface area (Å²) >= 11 is 3.41. The van der Waals surface area contributed by atoms with Crippen LogP contribution in [0.1, 0.15) is 74.0 Å². The molecule has 3 N–H and O–H groups in total. The summed E-state index contributed by atoms with van der Waals surface area (Å²) in [5.74, 6) is -0.182. The molecule has 0 aliphatic carbocycles. The molecule has 9 nitrogen and oxygen atoms in total. The monoisotopic (exact) mass is 598 g/mol. The Bertz CT molecular complexity index is 1250. The maximum Gasteiger partial charge on any atom is 0.251 e. The minimum Gasteiger partial charge on any atom is -0.381 e. The number of pyridine rings is 1. The first-order valence-electron chi connectivity index (χ1n) is 14.0. The molecule has 3 heterocycles. The molecular weight excluding hydrogens is 560 g/mol. The highest BCUT2D eigenvalue weighted by molar-refractivity contribution is 9.09. The molecule has 3 aromatic rings. The van der Waals surface area contributed by atoms with E-state index < -0.39 is 0 Å². The first-order chi connectivity index (χ1) is 19.0. The Morgan fingerprint density at radius 2 is 1.87 bits per heavy atom. The van der Waals surface area contributed by atoms with Crippen LogP contribution in [0, 0.1) is 0 Å². The molecule has 2 aromatic heterocycles. The van der Waals surface area contributed by atoms with Gasteiger partial charge in [0.15, 0.2) is 5.65 Å². The Hall–Kier alpha value is -2.98. The number of fused-ring (bicyclic) bond motifs is 1. The molecule has 1 fully saturated rings. The summed E-state index contributed by atoms with van der Waals surface area (Å²) in [5, 5.41) is 16.2. The molecular formula is C29H39BrN6O3. The highest BCUT2D eigenvalue weighted by atomic mass is 79.9. The van der Waals surface area contributed by atoms with Crippen molar-refractivity contribution < 1.29 is 14.3 Å². The van der Waals surface area contributed by atoms with Gasteiger partial charge in [0, 0.05) is 66.6 Å². The Kier molecular flexibility index (Phi) is 10.7. The number of aromatic nitrogens is 3. The summed E-state index contributed by atoms with van der Waals surface area (Å²) in [6.07, 6.45) is 7.91. The average Bonchev–Trinajstić information content (AvgIpc) is 3.38. The van der Waals surface area contributed by atoms with E-state index in [9.17, 15) is 9.59 Å². The number of rotatable bonds is 13. The van der Waals surface area contributed by atoms with Crippen LogP contribution in [0.25, 0.3) is 11.0 Å². The fourth-order valence-electron chi connectivity index (χ4n) is 4.86. The number of carbonyl (C=O) groups is 2. The molecule has 0 atom stereocenters. The molecule has 1 aliphatic heterocycles. The Labute approximate surface area is 238 Å². The van der Waals surface area contributed by atoms with Crippen LogP contribution < -0.4 is 16.0 Å². The van der Waals surface area contributed by atoms with Crippen molar-refractivity contribution in [3.63, 3.8) is 0 Å². The van der Waals surface area contributed by atoms with E-state index >= 15 is 0 Å². The molecule has 0 saturated carbocycles. The number of aryl methyl sites for hydroxylation is 2. The average molecular weight is 600 g/mol. The number of hydrogen-bond donors (Lipinski definition) is 3. The summed E-state index contributed by atoms with van der Waals surface area (Å²) in [6, 6.07) is 7.32. The number of halogens is 1. The molecule has 210 valence electrons. The third kappa shape index (κ3) is 7.57. The molecule has 0 bridgehead atoms. The fourth-order valence-corrected chi connectivity index (χ4v) is 5.25. The van der Waals surface area contributed by atoms with Crippen molar-refractivity contribution >= 4 is 50.2 Å². The zero-order valence-electron chi connectivity index (χ0n) is 22.9. The number of alkyl halides is 1. The number of ether oxygens (including phenoxy) is 1. The van der Waals surface area contributed by atoms with E-state index in [1.54, 1.807) is 24.3 Å². The molecule has 0 radical (unpaired) electrons. The maximum atomic E-state index is 13.1. The van der Waals surface area contributed by atoms with Gasteiger partial charge in [0.1, 0.15) is 0 Å². The van der Waals surface area contributed by atoms with Crippen molar-refractivity contribution in [2.24, 2.45) is 0 Å². The van der Waals surface area contributed by atoms with E-state index in [0.717, 1.165) is 91.6 Å². The summed E-state index contributed by atoms with van der Waals surface area (Å²) in [4.78, 5) is 30.2. The summed E-state index contributed by atoms with van der Waals surface area (Å²) in [6.45, 7) is 6.70. The number of nitrogens with one attached hydrogen (secondary N) is 3. The van der Waals surface area contributed by atoms with Crippen molar-refractivity contribution in [2.75, 3.05) is 29.2 Å². The minimum absolute atomic E-state index is 0.00675. The van der Waals surface area contributed by atoms with Gasteiger partial charge in [-0.25, -0.2) is 9.67 Å². The number of benzene rings is 1. The largest absolute Gasteiger partial charge is 0.381 e. The van der Waals surface area contributed by atoms with Gasteiger partial charge in [-0.15, -0.1) is 0 Å². The predicted molar refractivity (Wildman–Crippen MR) is 159 cm³/mol. The van der Waals surface area contributed by atoms with Crippen LogP contribution in [-0.4, -0.2) is 51.2 Å². The van der Waals surface area contributed by atoms with Gasteiger partial charge in [-0.2, -0.15) is 5.10 Å². The summed E-state index contributed by atoms with van der Waals surface area (Å²) in [5.41, 5.74) is 5.02. The Morgan fingerprint density at radius 3 is 2.56 bits per heavy atom. The van der Waals surface area contributed by atoms with Gasteiger partial charge in [-0.05, 0) is 63.3 Å². The summed E-state index contributed by atoms with van der Waals surface area (Å²) in [7, 11) is 0. The Morgan fingerprint density at radius 1 is 1.10 bits per heavy atom. The van der Waals surface area contributed by atoms with Gasteiger partial charge in [0.05, 0.1) is 17.3 Å². The zero-order valence-corrected chi connectivity index (χ0v) is 24.5. The lowest BCUT2D eigenvalue weighted by molar-refractivity contribution is -0.116. The second-order valence-corrected chi connectivity index (χ2v) is 10.6. The molecule has 1 aliphatic rings. The highest BCUT2D eigenvalue weighted by Crippen LogP contribution is 2.31.